The largest absolute Gasteiger partial charge is 0.291 e. The van der Waals surface area contributed by atoms with Crippen molar-refractivity contribution >= 4 is 5.91 Å². The van der Waals surface area contributed by atoms with E-state index in [1.807, 2.05) is 0 Å². The average Bonchev–Trinajstić information content (AvgIpc) is 3.20. The van der Waals surface area contributed by atoms with Crippen LogP contribution < -0.4 is 10.9 Å². The molecule has 98 valence electrons. The zero-order valence-electron chi connectivity index (χ0n) is 11.4. The topological polar surface area (TPSA) is 41.1 Å². The Morgan fingerprint density at radius 3 is 2.39 bits per heavy atom. The third-order valence-electron chi connectivity index (χ3n) is 4.07. The average molecular weight is 246 g/mol. The number of benzene rings is 1. The molecule has 1 aromatic carbocycles. The number of carbonyl (C=O) groups excluding carboxylic acids is 1. The highest BCUT2D eigenvalue weighted by molar-refractivity contribution is 5.90. The second-order valence-corrected chi connectivity index (χ2v) is 5.22. The van der Waals surface area contributed by atoms with E-state index in [-0.39, 0.29) is 11.3 Å². The van der Waals surface area contributed by atoms with Gasteiger partial charge in [-0.2, -0.15) is 0 Å². The standard InChI is InChI=1S/C15H22N2O/c1-4-11(2)12-5-7-13(8-6-12)15(9-10-15)14(18)17-16-3/h5-8,11,16H,4,9-10H2,1-3H3,(H,17,18). The highest BCUT2D eigenvalue weighted by Crippen LogP contribution is 2.48. The molecule has 1 fully saturated rings. The minimum atomic E-state index is -0.281. The first-order chi connectivity index (χ1) is 8.64. The lowest BCUT2D eigenvalue weighted by atomic mass is 9.91. The first kappa shape index (κ1) is 13.1. The first-order valence-corrected chi connectivity index (χ1v) is 6.71. The van der Waals surface area contributed by atoms with Crippen molar-refractivity contribution in [2.45, 2.75) is 44.4 Å². The highest BCUT2D eigenvalue weighted by atomic mass is 16.2. The van der Waals surface area contributed by atoms with Crippen LogP contribution in [0.2, 0.25) is 0 Å². The summed E-state index contributed by atoms with van der Waals surface area (Å²) < 4.78 is 0. The second kappa shape index (κ2) is 5.11. The fourth-order valence-electron chi connectivity index (χ4n) is 2.37. The van der Waals surface area contributed by atoms with Gasteiger partial charge in [0.15, 0.2) is 0 Å². The van der Waals surface area contributed by atoms with Gasteiger partial charge in [-0.15, -0.1) is 0 Å². The van der Waals surface area contributed by atoms with Crippen LogP contribution in [0.4, 0.5) is 0 Å². The quantitative estimate of drug-likeness (QED) is 0.784. The Morgan fingerprint density at radius 1 is 1.33 bits per heavy atom. The SMILES string of the molecule is CCC(C)c1ccc(C2(C(=O)NNC)CC2)cc1. The fourth-order valence-corrected chi connectivity index (χ4v) is 2.37. The number of rotatable bonds is 5. The smallest absolute Gasteiger partial charge is 0.244 e. The van der Waals surface area contributed by atoms with E-state index in [9.17, 15) is 4.79 Å². The van der Waals surface area contributed by atoms with Crippen molar-refractivity contribution < 1.29 is 4.79 Å². The molecule has 0 heterocycles. The van der Waals surface area contributed by atoms with E-state index in [1.165, 1.54) is 5.56 Å². The van der Waals surface area contributed by atoms with Crippen LogP contribution in [0.5, 0.6) is 0 Å². The maximum absolute atomic E-state index is 12.0. The molecule has 0 aliphatic heterocycles. The van der Waals surface area contributed by atoms with E-state index in [4.69, 9.17) is 0 Å². The molecular formula is C15H22N2O. The number of nitrogens with one attached hydrogen (secondary N) is 2. The van der Waals surface area contributed by atoms with Crippen molar-refractivity contribution in [3.05, 3.63) is 35.4 Å². The molecule has 0 saturated heterocycles. The Labute approximate surface area is 109 Å². The summed E-state index contributed by atoms with van der Waals surface area (Å²) in [5.74, 6) is 0.668. The monoisotopic (exact) mass is 246 g/mol. The third kappa shape index (κ3) is 2.27. The minimum absolute atomic E-state index is 0.0845. The molecule has 1 atom stereocenters. The van der Waals surface area contributed by atoms with Crippen LogP contribution >= 0.6 is 0 Å². The van der Waals surface area contributed by atoms with Gasteiger partial charge in [0.2, 0.25) is 5.91 Å². The molecule has 1 unspecified atom stereocenters. The number of carbonyl (C=O) groups is 1. The van der Waals surface area contributed by atoms with Crippen LogP contribution in [-0.2, 0) is 10.2 Å². The predicted molar refractivity (Wildman–Crippen MR) is 73.3 cm³/mol. The molecule has 1 aliphatic rings. The zero-order chi connectivity index (χ0) is 13.2. The molecule has 0 aromatic heterocycles. The van der Waals surface area contributed by atoms with Gasteiger partial charge in [0.1, 0.15) is 0 Å². The van der Waals surface area contributed by atoms with Crippen LogP contribution in [0, 0.1) is 0 Å². The normalized spacial score (nSPS) is 18.2. The summed E-state index contributed by atoms with van der Waals surface area (Å²) in [6.45, 7) is 4.43. The van der Waals surface area contributed by atoms with Crippen LogP contribution in [-0.4, -0.2) is 13.0 Å². The first-order valence-electron chi connectivity index (χ1n) is 6.71. The summed E-state index contributed by atoms with van der Waals surface area (Å²) in [6.07, 6.45) is 3.04. The van der Waals surface area contributed by atoms with Crippen LogP contribution in [0.25, 0.3) is 0 Å². The maximum atomic E-state index is 12.0. The second-order valence-electron chi connectivity index (χ2n) is 5.22. The third-order valence-corrected chi connectivity index (χ3v) is 4.07. The zero-order valence-corrected chi connectivity index (χ0v) is 11.4. The van der Waals surface area contributed by atoms with E-state index >= 15 is 0 Å². The molecule has 0 radical (unpaired) electrons. The van der Waals surface area contributed by atoms with Crippen LogP contribution in [0.1, 0.15) is 50.2 Å². The van der Waals surface area contributed by atoms with Gasteiger partial charge in [0, 0.05) is 7.05 Å². The molecule has 0 bridgehead atoms. The minimum Gasteiger partial charge on any atom is -0.291 e. The van der Waals surface area contributed by atoms with Gasteiger partial charge in [-0.25, -0.2) is 5.43 Å². The molecule has 18 heavy (non-hydrogen) atoms. The predicted octanol–water partition coefficient (Wildman–Crippen LogP) is 2.48. The molecule has 3 nitrogen and oxygen atoms in total. The number of hydrazine groups is 1. The molecule has 1 amide bonds. The van der Waals surface area contributed by atoms with Gasteiger partial charge >= 0.3 is 0 Å². The van der Waals surface area contributed by atoms with Gasteiger partial charge in [-0.1, -0.05) is 38.1 Å². The van der Waals surface area contributed by atoms with Gasteiger partial charge in [-0.3, -0.25) is 10.2 Å². The van der Waals surface area contributed by atoms with Crippen molar-refractivity contribution in [2.75, 3.05) is 7.05 Å². The molecule has 3 heteroatoms. The van der Waals surface area contributed by atoms with E-state index in [0.717, 1.165) is 24.8 Å². The molecule has 1 aliphatic carbocycles. The summed E-state index contributed by atoms with van der Waals surface area (Å²) in [4.78, 5) is 12.0. The van der Waals surface area contributed by atoms with Gasteiger partial charge in [0.05, 0.1) is 5.41 Å². The molecule has 1 saturated carbocycles. The summed E-state index contributed by atoms with van der Waals surface area (Å²) >= 11 is 0. The van der Waals surface area contributed by atoms with Crippen LogP contribution in [0.15, 0.2) is 24.3 Å². The van der Waals surface area contributed by atoms with Crippen molar-refractivity contribution in [2.24, 2.45) is 0 Å². The molecule has 0 spiro atoms. The summed E-state index contributed by atoms with van der Waals surface area (Å²) in [6, 6.07) is 8.56. The van der Waals surface area contributed by atoms with Crippen molar-refractivity contribution in [3.63, 3.8) is 0 Å². The Morgan fingerprint density at radius 2 is 1.94 bits per heavy atom. The lowest BCUT2D eigenvalue weighted by Gasteiger charge is -2.16. The van der Waals surface area contributed by atoms with E-state index in [1.54, 1.807) is 7.05 Å². The van der Waals surface area contributed by atoms with Gasteiger partial charge < -0.3 is 0 Å². The van der Waals surface area contributed by atoms with Crippen LogP contribution in [0.3, 0.4) is 0 Å². The van der Waals surface area contributed by atoms with Gasteiger partial charge in [0.25, 0.3) is 0 Å². The Kier molecular flexibility index (Phi) is 3.71. The maximum Gasteiger partial charge on any atom is 0.244 e. The van der Waals surface area contributed by atoms with E-state index in [2.05, 4.69) is 49.0 Å². The molecule has 1 aromatic rings. The van der Waals surface area contributed by atoms with Crippen molar-refractivity contribution in [1.82, 2.24) is 10.9 Å². The highest BCUT2D eigenvalue weighted by Gasteiger charge is 2.51. The van der Waals surface area contributed by atoms with Gasteiger partial charge in [-0.05, 0) is 36.3 Å². The van der Waals surface area contributed by atoms with Crippen molar-refractivity contribution in [3.8, 4) is 0 Å². The number of hydrogen-bond acceptors (Lipinski definition) is 2. The van der Waals surface area contributed by atoms with E-state index < -0.39 is 0 Å². The summed E-state index contributed by atoms with van der Waals surface area (Å²) in [7, 11) is 1.72. The summed E-state index contributed by atoms with van der Waals surface area (Å²) in [5, 5.41) is 0. The van der Waals surface area contributed by atoms with Crippen molar-refractivity contribution in [1.29, 1.82) is 0 Å². The van der Waals surface area contributed by atoms with E-state index in [0.29, 0.717) is 5.92 Å². The lowest BCUT2D eigenvalue weighted by Crippen LogP contribution is -2.41. The lowest BCUT2D eigenvalue weighted by molar-refractivity contribution is -0.124. The number of amides is 1. The Hall–Kier alpha value is -1.35. The Balaban J connectivity index is 2.17. The summed E-state index contributed by atoms with van der Waals surface area (Å²) in [5.41, 5.74) is 7.64. The molecule has 2 rings (SSSR count). The molecule has 2 N–H and O–H groups in total. The molecular weight excluding hydrogens is 224 g/mol. The Bertz CT molecular complexity index is 421. The number of hydrogen-bond donors (Lipinski definition) is 2. The fraction of sp³-hybridized carbons (Fsp3) is 0.533.